The van der Waals surface area contributed by atoms with Gasteiger partial charge in [-0.1, -0.05) is 17.7 Å². The van der Waals surface area contributed by atoms with Crippen molar-refractivity contribution in [3.05, 3.63) is 59.4 Å². The number of H-pyrrole nitrogens is 1. The molecule has 4 aromatic rings. The molecule has 1 amide bonds. The average Bonchev–Trinajstić information content (AvgIpc) is 3.36. The molecular formula is C23H20ClFN6O2. The molecule has 0 saturated carbocycles. The Labute approximate surface area is 193 Å². The van der Waals surface area contributed by atoms with Crippen molar-refractivity contribution in [3.63, 3.8) is 0 Å². The molecule has 5 rings (SSSR count). The summed E-state index contributed by atoms with van der Waals surface area (Å²) < 4.78 is 14.5. The number of nitrogens with one attached hydrogen (secondary N) is 2. The van der Waals surface area contributed by atoms with Gasteiger partial charge in [0.05, 0.1) is 56.9 Å². The highest BCUT2D eigenvalue weighted by molar-refractivity contribution is 6.33. The van der Waals surface area contributed by atoms with Crippen molar-refractivity contribution < 1.29 is 14.3 Å². The molecular weight excluding hydrogens is 447 g/mol. The number of likely N-dealkylation sites (tertiary alicyclic amines) is 1. The Morgan fingerprint density at radius 3 is 2.88 bits per heavy atom. The van der Waals surface area contributed by atoms with Gasteiger partial charge in [0.25, 0.3) is 0 Å². The van der Waals surface area contributed by atoms with Gasteiger partial charge in [0, 0.05) is 19.3 Å². The second kappa shape index (κ2) is 8.32. The first-order chi connectivity index (χ1) is 16.0. The third-order valence-electron chi connectivity index (χ3n) is 5.82. The fraction of sp³-hybridized carbons (Fsp3) is 0.217. The van der Waals surface area contributed by atoms with Crippen LogP contribution in [0.3, 0.4) is 0 Å². The van der Waals surface area contributed by atoms with E-state index in [0.717, 1.165) is 0 Å². The van der Waals surface area contributed by atoms with E-state index in [-0.39, 0.29) is 28.3 Å². The molecule has 0 radical (unpaired) electrons. The summed E-state index contributed by atoms with van der Waals surface area (Å²) in [6.07, 6.45) is 5.34. The van der Waals surface area contributed by atoms with Crippen molar-refractivity contribution in [1.29, 1.82) is 0 Å². The monoisotopic (exact) mass is 466 g/mol. The van der Waals surface area contributed by atoms with Crippen molar-refractivity contribution in [1.82, 2.24) is 24.8 Å². The molecule has 10 heteroatoms. The predicted molar refractivity (Wildman–Crippen MR) is 123 cm³/mol. The van der Waals surface area contributed by atoms with Gasteiger partial charge in [-0.05, 0) is 31.5 Å². The third kappa shape index (κ3) is 3.74. The lowest BCUT2D eigenvalue weighted by atomic mass is 10.1. The Hall–Kier alpha value is -3.72. The largest absolute Gasteiger partial charge is 0.494 e. The number of fused-ring (bicyclic) bond motifs is 1. The van der Waals surface area contributed by atoms with Gasteiger partial charge in [-0.3, -0.25) is 9.78 Å². The van der Waals surface area contributed by atoms with Crippen molar-refractivity contribution in [2.24, 2.45) is 0 Å². The summed E-state index contributed by atoms with van der Waals surface area (Å²) in [5, 5.41) is 14.0. The van der Waals surface area contributed by atoms with Crippen LogP contribution in [0, 0.1) is 5.82 Å². The summed E-state index contributed by atoms with van der Waals surface area (Å²) in [6, 6.07) is 6.01. The Morgan fingerprint density at radius 2 is 2.18 bits per heavy atom. The summed E-state index contributed by atoms with van der Waals surface area (Å²) in [5.74, 6) is -0.427. The van der Waals surface area contributed by atoms with Gasteiger partial charge in [0.1, 0.15) is 11.6 Å². The number of pyridine rings is 1. The molecule has 1 aliphatic rings. The van der Waals surface area contributed by atoms with E-state index in [2.05, 4.69) is 25.3 Å². The molecule has 1 unspecified atom stereocenters. The number of hydrogen-bond donors (Lipinski definition) is 3. The second-order valence-electron chi connectivity index (χ2n) is 7.76. The lowest BCUT2D eigenvalue weighted by Gasteiger charge is -2.14. The van der Waals surface area contributed by atoms with Gasteiger partial charge in [-0.25, -0.2) is 14.4 Å². The quantitative estimate of drug-likeness (QED) is 0.397. The molecule has 1 fully saturated rings. The number of rotatable bonds is 5. The molecule has 3 aromatic heterocycles. The van der Waals surface area contributed by atoms with Gasteiger partial charge in [-0.2, -0.15) is 0 Å². The minimum atomic E-state index is -0.508. The van der Waals surface area contributed by atoms with E-state index in [1.807, 2.05) is 6.92 Å². The topological polar surface area (TPSA) is 107 Å². The van der Waals surface area contributed by atoms with Crippen LogP contribution in [0.5, 0.6) is 5.88 Å². The number of aromatic nitrogens is 4. The van der Waals surface area contributed by atoms with Gasteiger partial charge in [0.2, 0.25) is 5.91 Å². The van der Waals surface area contributed by atoms with Crippen LogP contribution < -0.4 is 5.32 Å². The fourth-order valence-electron chi connectivity index (χ4n) is 4.14. The van der Waals surface area contributed by atoms with Gasteiger partial charge >= 0.3 is 0 Å². The van der Waals surface area contributed by atoms with Crippen molar-refractivity contribution in [2.75, 3.05) is 18.4 Å². The molecule has 0 bridgehead atoms. The molecule has 0 aliphatic carbocycles. The van der Waals surface area contributed by atoms with E-state index >= 15 is 0 Å². The summed E-state index contributed by atoms with van der Waals surface area (Å²) in [4.78, 5) is 30.3. The molecule has 1 aliphatic heterocycles. The van der Waals surface area contributed by atoms with Gasteiger partial charge in [-0.15, -0.1) is 0 Å². The number of aromatic amines is 1. The Balaban J connectivity index is 1.50. The minimum absolute atomic E-state index is 0.0620. The average molecular weight is 467 g/mol. The number of hydrogen-bond acceptors (Lipinski definition) is 6. The Kier molecular flexibility index (Phi) is 5.33. The van der Waals surface area contributed by atoms with E-state index in [9.17, 15) is 14.3 Å². The molecule has 33 heavy (non-hydrogen) atoms. The number of carbonyl (C=O) groups excluding carboxylic acids is 1. The summed E-state index contributed by atoms with van der Waals surface area (Å²) in [7, 11) is 0. The number of aromatic hydroxyl groups is 1. The van der Waals surface area contributed by atoms with Crippen LogP contribution in [0.1, 0.15) is 25.0 Å². The highest BCUT2D eigenvalue weighted by atomic mass is 35.5. The van der Waals surface area contributed by atoms with Gasteiger partial charge in [0.15, 0.2) is 5.88 Å². The number of benzene rings is 1. The summed E-state index contributed by atoms with van der Waals surface area (Å²) >= 11 is 6.23. The molecule has 3 N–H and O–H groups in total. The summed E-state index contributed by atoms with van der Waals surface area (Å²) in [5.41, 5.74) is 1.95. The maximum atomic E-state index is 14.5. The number of anilines is 2. The maximum Gasteiger partial charge on any atom is 0.231 e. The molecule has 8 nitrogen and oxygen atoms in total. The van der Waals surface area contributed by atoms with Crippen LogP contribution in [0.25, 0.3) is 22.2 Å². The van der Waals surface area contributed by atoms with Crippen molar-refractivity contribution in [3.8, 4) is 17.1 Å². The standard InChI is InChI=1S/C23H20ClFN6O2/c1-2-31-7-6-12(23(31)33)17-9-27-19(11-26-17)30-16-8-15(20-13(24)4-3-5-14(20)25)29-18-10-28-22(32)21(16)18/h3-5,8-12,28,32H,2,6-7H2,1H3,(H,27,30). The highest BCUT2D eigenvalue weighted by Gasteiger charge is 2.32. The lowest BCUT2D eigenvalue weighted by Crippen LogP contribution is -2.26. The predicted octanol–water partition coefficient (Wildman–Crippen LogP) is 4.60. The Bertz CT molecular complexity index is 1340. The van der Waals surface area contributed by atoms with E-state index in [0.29, 0.717) is 53.3 Å². The van der Waals surface area contributed by atoms with E-state index < -0.39 is 5.82 Å². The molecule has 0 spiro atoms. The van der Waals surface area contributed by atoms with Crippen LogP contribution in [-0.2, 0) is 4.79 Å². The molecule has 168 valence electrons. The third-order valence-corrected chi connectivity index (χ3v) is 6.13. The summed E-state index contributed by atoms with van der Waals surface area (Å²) in [6.45, 7) is 3.34. The van der Waals surface area contributed by atoms with E-state index in [1.54, 1.807) is 23.2 Å². The van der Waals surface area contributed by atoms with Crippen molar-refractivity contribution in [2.45, 2.75) is 19.3 Å². The second-order valence-corrected chi connectivity index (χ2v) is 8.17. The Morgan fingerprint density at radius 1 is 1.33 bits per heavy atom. The number of halogens is 2. The van der Waals surface area contributed by atoms with Crippen LogP contribution in [-0.4, -0.2) is 48.9 Å². The van der Waals surface area contributed by atoms with E-state index in [4.69, 9.17) is 11.6 Å². The SMILES string of the molecule is CCN1CCC(c2cnc(Nc3cc(-c4c(F)cccc4Cl)nc4c[nH]c(O)c34)cn2)C1=O. The van der Waals surface area contributed by atoms with Crippen LogP contribution in [0.4, 0.5) is 15.9 Å². The van der Waals surface area contributed by atoms with Crippen molar-refractivity contribution >= 4 is 39.9 Å². The fourth-order valence-corrected chi connectivity index (χ4v) is 4.40. The number of likely N-dealkylation sites (N-methyl/N-ethyl adjacent to an activating group) is 1. The zero-order valence-electron chi connectivity index (χ0n) is 17.6. The highest BCUT2D eigenvalue weighted by Crippen LogP contribution is 2.38. The van der Waals surface area contributed by atoms with Crippen LogP contribution >= 0.6 is 11.6 Å². The number of nitrogens with zero attached hydrogens (tertiary/aromatic N) is 4. The first kappa shape index (κ1) is 21.1. The first-order valence-corrected chi connectivity index (χ1v) is 10.9. The molecule has 1 atom stereocenters. The number of carbonyl (C=O) groups is 1. The lowest BCUT2D eigenvalue weighted by molar-refractivity contribution is -0.128. The van der Waals surface area contributed by atoms with Crippen LogP contribution in [0.2, 0.25) is 5.02 Å². The zero-order chi connectivity index (χ0) is 23.1. The smallest absolute Gasteiger partial charge is 0.231 e. The first-order valence-electron chi connectivity index (χ1n) is 10.5. The number of amides is 1. The minimum Gasteiger partial charge on any atom is -0.494 e. The molecule has 4 heterocycles. The van der Waals surface area contributed by atoms with E-state index in [1.165, 1.54) is 24.5 Å². The zero-order valence-corrected chi connectivity index (χ0v) is 18.4. The maximum absolute atomic E-state index is 14.5. The van der Waals surface area contributed by atoms with Crippen LogP contribution in [0.15, 0.2) is 42.9 Å². The van der Waals surface area contributed by atoms with Gasteiger partial charge < -0.3 is 20.3 Å². The molecule has 1 aromatic carbocycles. The molecule has 1 saturated heterocycles. The normalized spacial score (nSPS) is 16.0.